The molecule has 2 rings (SSSR count). The first-order chi connectivity index (χ1) is 9.10. The van der Waals surface area contributed by atoms with Gasteiger partial charge in [-0.05, 0) is 24.6 Å². The molecule has 0 fully saturated rings. The molecular formula is C13H14BrN3OS. The fourth-order valence-corrected chi connectivity index (χ4v) is 2.71. The monoisotopic (exact) mass is 339 g/mol. The number of amides is 1. The predicted molar refractivity (Wildman–Crippen MR) is 80.0 cm³/mol. The molecule has 3 N–H and O–H groups in total. The van der Waals surface area contributed by atoms with E-state index >= 15 is 0 Å². The van der Waals surface area contributed by atoms with Crippen LogP contribution < -0.4 is 11.1 Å². The molecule has 1 aromatic heterocycles. The minimum Gasteiger partial charge on any atom is -0.344 e. The van der Waals surface area contributed by atoms with Crippen molar-refractivity contribution in [2.75, 3.05) is 0 Å². The topological polar surface area (TPSA) is 68.0 Å². The molecule has 19 heavy (non-hydrogen) atoms. The normalized spacial score (nSPS) is 12.2. The second-order valence-electron chi connectivity index (χ2n) is 4.08. The summed E-state index contributed by atoms with van der Waals surface area (Å²) in [5.41, 5.74) is 6.95. The smallest absolute Gasteiger partial charge is 0.271 e. The van der Waals surface area contributed by atoms with E-state index in [0.29, 0.717) is 12.2 Å². The lowest BCUT2D eigenvalue weighted by molar-refractivity contribution is 0.0935. The zero-order chi connectivity index (χ0) is 13.8. The highest BCUT2D eigenvalue weighted by Gasteiger charge is 2.14. The number of thiazole rings is 1. The summed E-state index contributed by atoms with van der Waals surface area (Å²) < 4.78 is 0.991. The maximum atomic E-state index is 12.0. The van der Waals surface area contributed by atoms with Gasteiger partial charge in [0.1, 0.15) is 10.7 Å². The highest BCUT2D eigenvalue weighted by molar-refractivity contribution is 9.10. The van der Waals surface area contributed by atoms with Crippen LogP contribution in [0.2, 0.25) is 0 Å². The van der Waals surface area contributed by atoms with Gasteiger partial charge in [0.15, 0.2) is 0 Å². The third-order valence-corrected chi connectivity index (χ3v) is 4.02. The van der Waals surface area contributed by atoms with Gasteiger partial charge in [-0.25, -0.2) is 4.98 Å². The van der Waals surface area contributed by atoms with E-state index in [4.69, 9.17) is 5.73 Å². The Morgan fingerprint density at radius 2 is 2.37 bits per heavy atom. The van der Waals surface area contributed by atoms with Gasteiger partial charge in [0.05, 0.1) is 6.04 Å². The van der Waals surface area contributed by atoms with E-state index in [2.05, 4.69) is 26.2 Å². The fraction of sp³-hybridized carbons (Fsp3) is 0.231. The minimum atomic E-state index is -0.177. The van der Waals surface area contributed by atoms with Crippen molar-refractivity contribution in [3.63, 3.8) is 0 Å². The van der Waals surface area contributed by atoms with Crippen LogP contribution in [0.5, 0.6) is 0 Å². The average molecular weight is 340 g/mol. The van der Waals surface area contributed by atoms with Crippen LogP contribution in [0.3, 0.4) is 0 Å². The van der Waals surface area contributed by atoms with Crippen LogP contribution in [0.1, 0.15) is 34.0 Å². The molecule has 1 unspecified atom stereocenters. The van der Waals surface area contributed by atoms with Crippen molar-refractivity contribution >= 4 is 33.2 Å². The Labute approximate surface area is 124 Å². The van der Waals surface area contributed by atoms with Gasteiger partial charge < -0.3 is 11.1 Å². The summed E-state index contributed by atoms with van der Waals surface area (Å²) in [6, 6.07) is 7.77. The van der Waals surface area contributed by atoms with Gasteiger partial charge in [-0.2, -0.15) is 0 Å². The van der Waals surface area contributed by atoms with Crippen LogP contribution in [0, 0.1) is 0 Å². The molecule has 4 nitrogen and oxygen atoms in total. The summed E-state index contributed by atoms with van der Waals surface area (Å²) in [5, 5.41) is 5.41. The molecule has 0 aliphatic rings. The summed E-state index contributed by atoms with van der Waals surface area (Å²) in [4.78, 5) is 16.2. The number of hydrogen-bond donors (Lipinski definition) is 2. The number of rotatable bonds is 4. The van der Waals surface area contributed by atoms with Crippen molar-refractivity contribution in [1.82, 2.24) is 10.3 Å². The largest absolute Gasteiger partial charge is 0.344 e. The number of carbonyl (C=O) groups is 1. The average Bonchev–Trinajstić information content (AvgIpc) is 2.87. The van der Waals surface area contributed by atoms with Crippen molar-refractivity contribution in [3.8, 4) is 0 Å². The molecule has 100 valence electrons. The molecule has 0 aliphatic carbocycles. The van der Waals surface area contributed by atoms with Gasteiger partial charge in [-0.15, -0.1) is 11.3 Å². The van der Waals surface area contributed by atoms with E-state index < -0.39 is 0 Å². The SMILES string of the molecule is CC(NC(=O)c1csc(CN)n1)c1cccc(Br)c1. The van der Waals surface area contributed by atoms with Gasteiger partial charge >= 0.3 is 0 Å². The van der Waals surface area contributed by atoms with Gasteiger partial charge in [0.2, 0.25) is 0 Å². The Morgan fingerprint density at radius 3 is 3.00 bits per heavy atom. The summed E-state index contributed by atoms with van der Waals surface area (Å²) in [6.07, 6.45) is 0. The van der Waals surface area contributed by atoms with Crippen molar-refractivity contribution in [1.29, 1.82) is 0 Å². The van der Waals surface area contributed by atoms with Crippen LogP contribution in [0.4, 0.5) is 0 Å². The lowest BCUT2D eigenvalue weighted by Gasteiger charge is -2.13. The first-order valence-electron chi connectivity index (χ1n) is 5.81. The highest BCUT2D eigenvalue weighted by atomic mass is 79.9. The number of aromatic nitrogens is 1. The summed E-state index contributed by atoms with van der Waals surface area (Å²) >= 11 is 4.82. The fourth-order valence-electron chi connectivity index (χ4n) is 1.64. The number of nitrogens with one attached hydrogen (secondary N) is 1. The predicted octanol–water partition coefficient (Wildman–Crippen LogP) is 2.86. The quantitative estimate of drug-likeness (QED) is 0.899. The van der Waals surface area contributed by atoms with Crippen LogP contribution in [0.25, 0.3) is 0 Å². The van der Waals surface area contributed by atoms with Crippen LogP contribution in [-0.4, -0.2) is 10.9 Å². The van der Waals surface area contributed by atoms with Crippen LogP contribution in [-0.2, 0) is 6.54 Å². The van der Waals surface area contributed by atoms with Crippen molar-refractivity contribution in [2.24, 2.45) is 5.73 Å². The van der Waals surface area contributed by atoms with Gasteiger partial charge in [-0.3, -0.25) is 4.79 Å². The number of hydrogen-bond acceptors (Lipinski definition) is 4. The maximum absolute atomic E-state index is 12.0. The Bertz CT molecular complexity index is 585. The zero-order valence-corrected chi connectivity index (χ0v) is 12.8. The molecule has 1 atom stereocenters. The number of halogens is 1. The van der Waals surface area contributed by atoms with E-state index in [1.807, 2.05) is 31.2 Å². The van der Waals surface area contributed by atoms with Crippen LogP contribution in [0.15, 0.2) is 34.1 Å². The number of benzene rings is 1. The standard InChI is InChI=1S/C13H14BrN3OS/c1-8(9-3-2-4-10(14)5-9)16-13(18)11-7-19-12(6-15)17-11/h2-5,7-8H,6,15H2,1H3,(H,16,18). The third kappa shape index (κ3) is 3.62. The molecule has 0 radical (unpaired) electrons. The van der Waals surface area contributed by atoms with Crippen molar-refractivity contribution in [3.05, 3.63) is 50.4 Å². The number of nitrogens with two attached hydrogens (primary N) is 1. The molecular weight excluding hydrogens is 326 g/mol. The molecule has 0 spiro atoms. The highest BCUT2D eigenvalue weighted by Crippen LogP contribution is 2.18. The van der Waals surface area contributed by atoms with Crippen LogP contribution >= 0.6 is 27.3 Å². The lowest BCUT2D eigenvalue weighted by Crippen LogP contribution is -2.27. The maximum Gasteiger partial charge on any atom is 0.271 e. The molecule has 1 aromatic carbocycles. The minimum absolute atomic E-state index is 0.0759. The van der Waals surface area contributed by atoms with Gasteiger partial charge in [0, 0.05) is 16.4 Å². The van der Waals surface area contributed by atoms with Crippen molar-refractivity contribution < 1.29 is 4.79 Å². The van der Waals surface area contributed by atoms with E-state index in [1.165, 1.54) is 11.3 Å². The van der Waals surface area contributed by atoms with E-state index in [0.717, 1.165) is 15.0 Å². The van der Waals surface area contributed by atoms with Gasteiger partial charge in [0.25, 0.3) is 5.91 Å². The van der Waals surface area contributed by atoms with E-state index in [9.17, 15) is 4.79 Å². The molecule has 6 heteroatoms. The van der Waals surface area contributed by atoms with Crippen molar-refractivity contribution in [2.45, 2.75) is 19.5 Å². The first kappa shape index (κ1) is 14.2. The Morgan fingerprint density at radius 1 is 1.58 bits per heavy atom. The number of nitrogens with zero attached hydrogens (tertiary/aromatic N) is 1. The second-order valence-corrected chi connectivity index (χ2v) is 5.94. The third-order valence-electron chi connectivity index (χ3n) is 2.66. The Kier molecular flexibility index (Phi) is 4.68. The van der Waals surface area contributed by atoms with E-state index in [-0.39, 0.29) is 11.9 Å². The molecule has 0 bridgehead atoms. The zero-order valence-electron chi connectivity index (χ0n) is 10.4. The molecule has 2 aromatic rings. The number of carbonyl (C=O) groups excluding carboxylic acids is 1. The summed E-state index contributed by atoms with van der Waals surface area (Å²) in [7, 11) is 0. The van der Waals surface area contributed by atoms with E-state index in [1.54, 1.807) is 5.38 Å². The summed E-state index contributed by atoms with van der Waals surface area (Å²) in [5.74, 6) is -0.177. The van der Waals surface area contributed by atoms with Gasteiger partial charge in [-0.1, -0.05) is 28.1 Å². The molecule has 1 amide bonds. The first-order valence-corrected chi connectivity index (χ1v) is 7.48. The molecule has 0 aliphatic heterocycles. The molecule has 0 saturated heterocycles. The Balaban J connectivity index is 2.06. The summed E-state index contributed by atoms with van der Waals surface area (Å²) in [6.45, 7) is 2.30. The Hall–Kier alpha value is -1.24. The molecule has 0 saturated carbocycles. The lowest BCUT2D eigenvalue weighted by atomic mass is 10.1. The second kappa shape index (κ2) is 6.27. The molecule has 1 heterocycles.